The van der Waals surface area contributed by atoms with E-state index in [4.69, 9.17) is 4.74 Å². The smallest absolute Gasteiger partial charge is 0.325 e. The second-order valence-corrected chi connectivity index (χ2v) is 6.29. The van der Waals surface area contributed by atoms with Gasteiger partial charge in [0.1, 0.15) is 6.54 Å². The van der Waals surface area contributed by atoms with Gasteiger partial charge in [0.2, 0.25) is 5.91 Å². The van der Waals surface area contributed by atoms with Crippen LogP contribution in [0.2, 0.25) is 0 Å². The molecule has 0 bridgehead atoms. The number of nitrogens with one attached hydrogen (secondary N) is 2. The minimum atomic E-state index is -0.667. The number of para-hydroxylation sites is 1. The van der Waals surface area contributed by atoms with Crippen LogP contribution in [0.4, 0.5) is 5.69 Å². The van der Waals surface area contributed by atoms with Crippen LogP contribution in [0.15, 0.2) is 54.6 Å². The van der Waals surface area contributed by atoms with Crippen molar-refractivity contribution in [3.8, 4) is 0 Å². The summed E-state index contributed by atoms with van der Waals surface area (Å²) in [7, 11) is 0. The second-order valence-electron chi connectivity index (χ2n) is 5.13. The third-order valence-corrected chi connectivity index (χ3v) is 4.09. The summed E-state index contributed by atoms with van der Waals surface area (Å²) < 4.78 is 5.73. The van der Waals surface area contributed by atoms with Crippen molar-refractivity contribution >= 4 is 46.1 Å². The molecule has 130 valence electrons. The maximum Gasteiger partial charge on any atom is 0.325 e. The Bertz CT molecular complexity index is 750. The molecule has 0 radical (unpaired) electrons. The zero-order valence-corrected chi connectivity index (χ0v) is 15.5. The molecule has 0 saturated carbocycles. The van der Waals surface area contributed by atoms with Crippen LogP contribution in [0.5, 0.6) is 0 Å². The molecule has 2 aromatic carbocycles. The summed E-state index contributed by atoms with van der Waals surface area (Å²) in [5, 5.41) is 5.12. The zero-order valence-electron chi connectivity index (χ0n) is 13.3. The summed E-state index contributed by atoms with van der Waals surface area (Å²) >= 11 is 2.10. The molecule has 2 rings (SSSR count). The van der Waals surface area contributed by atoms with Crippen LogP contribution in [-0.2, 0) is 25.5 Å². The first-order valence-electron chi connectivity index (χ1n) is 7.55. The molecule has 6 nitrogen and oxygen atoms in total. The molecule has 0 unspecified atom stereocenters. The highest BCUT2D eigenvalue weighted by Gasteiger charge is 2.11. The number of hydrogen-bond donors (Lipinski definition) is 2. The van der Waals surface area contributed by atoms with Gasteiger partial charge in [0.05, 0.1) is 12.1 Å². The van der Waals surface area contributed by atoms with Crippen LogP contribution >= 0.6 is 22.6 Å². The number of amides is 2. The lowest BCUT2D eigenvalue weighted by atomic mass is 10.1. The van der Waals surface area contributed by atoms with Gasteiger partial charge in [-0.3, -0.25) is 14.4 Å². The van der Waals surface area contributed by atoms with Crippen LogP contribution in [-0.4, -0.2) is 30.9 Å². The first-order chi connectivity index (χ1) is 12.0. The standard InChI is InChI=1S/C18H17IN2O4/c19-14-8-4-5-9-15(14)21-17(23)12-25-18(24)11-20-16(22)10-13-6-2-1-3-7-13/h1-9H,10-12H2,(H,20,22)(H,21,23). The van der Waals surface area contributed by atoms with E-state index in [0.29, 0.717) is 5.69 Å². The minimum absolute atomic E-state index is 0.182. The van der Waals surface area contributed by atoms with E-state index in [9.17, 15) is 14.4 Å². The van der Waals surface area contributed by atoms with Gasteiger partial charge in [-0.2, -0.15) is 0 Å². The first kappa shape index (κ1) is 18.9. The average molecular weight is 452 g/mol. The van der Waals surface area contributed by atoms with Crippen molar-refractivity contribution in [2.45, 2.75) is 6.42 Å². The van der Waals surface area contributed by atoms with Crippen molar-refractivity contribution in [3.05, 3.63) is 63.7 Å². The van der Waals surface area contributed by atoms with E-state index < -0.39 is 18.5 Å². The molecule has 0 aliphatic heterocycles. The molecule has 2 amide bonds. The largest absolute Gasteiger partial charge is 0.454 e. The number of carbonyl (C=O) groups is 3. The summed E-state index contributed by atoms with van der Waals surface area (Å²) in [6, 6.07) is 16.4. The van der Waals surface area contributed by atoms with E-state index in [1.165, 1.54) is 0 Å². The normalized spacial score (nSPS) is 9.96. The van der Waals surface area contributed by atoms with Gasteiger partial charge in [-0.1, -0.05) is 42.5 Å². The van der Waals surface area contributed by atoms with E-state index in [1.54, 1.807) is 12.1 Å². The Kier molecular flexibility index (Phi) is 7.39. The summed E-state index contributed by atoms with van der Waals surface area (Å²) in [6.07, 6.45) is 0.182. The van der Waals surface area contributed by atoms with Crippen molar-refractivity contribution in [1.29, 1.82) is 0 Å². The number of halogens is 1. The summed E-state index contributed by atoms with van der Waals surface area (Å²) in [5.41, 5.74) is 1.51. The fraction of sp³-hybridized carbons (Fsp3) is 0.167. The fourth-order valence-corrected chi connectivity index (χ4v) is 2.48. The quantitative estimate of drug-likeness (QED) is 0.498. The lowest BCUT2D eigenvalue weighted by Gasteiger charge is -2.08. The van der Waals surface area contributed by atoms with E-state index in [-0.39, 0.29) is 18.9 Å². The molecular weight excluding hydrogens is 435 g/mol. The summed E-state index contributed by atoms with van der Waals surface area (Å²) in [6.45, 7) is -0.680. The molecule has 0 heterocycles. The van der Waals surface area contributed by atoms with Gasteiger partial charge in [0.25, 0.3) is 5.91 Å². The maximum absolute atomic E-state index is 11.8. The number of benzene rings is 2. The van der Waals surface area contributed by atoms with Gasteiger partial charge in [0.15, 0.2) is 6.61 Å². The number of carbonyl (C=O) groups excluding carboxylic acids is 3. The van der Waals surface area contributed by atoms with Crippen LogP contribution < -0.4 is 10.6 Å². The molecule has 0 saturated heterocycles. The predicted molar refractivity (Wildman–Crippen MR) is 102 cm³/mol. The average Bonchev–Trinajstić information content (AvgIpc) is 2.61. The molecular formula is C18H17IN2O4. The van der Waals surface area contributed by atoms with Crippen LogP contribution in [0.25, 0.3) is 0 Å². The highest BCUT2D eigenvalue weighted by molar-refractivity contribution is 14.1. The van der Waals surface area contributed by atoms with Crippen LogP contribution in [0.1, 0.15) is 5.56 Å². The maximum atomic E-state index is 11.8. The molecule has 0 atom stereocenters. The van der Waals surface area contributed by atoms with Crippen LogP contribution in [0.3, 0.4) is 0 Å². The zero-order chi connectivity index (χ0) is 18.1. The fourth-order valence-electron chi connectivity index (χ4n) is 1.96. The van der Waals surface area contributed by atoms with Crippen molar-refractivity contribution in [2.24, 2.45) is 0 Å². The van der Waals surface area contributed by atoms with Gasteiger partial charge in [-0.15, -0.1) is 0 Å². The Morgan fingerprint density at radius 2 is 1.60 bits per heavy atom. The Morgan fingerprint density at radius 1 is 0.920 bits per heavy atom. The van der Waals surface area contributed by atoms with Crippen LogP contribution in [0, 0.1) is 3.57 Å². The lowest BCUT2D eigenvalue weighted by Crippen LogP contribution is -2.33. The first-order valence-corrected chi connectivity index (χ1v) is 8.63. The number of hydrogen-bond acceptors (Lipinski definition) is 4. The van der Waals surface area contributed by atoms with Crippen molar-refractivity contribution in [2.75, 3.05) is 18.5 Å². The molecule has 25 heavy (non-hydrogen) atoms. The summed E-state index contributed by atoms with van der Waals surface area (Å²) in [5.74, 6) is -1.39. The van der Waals surface area contributed by atoms with Gasteiger partial charge >= 0.3 is 5.97 Å². The van der Waals surface area contributed by atoms with E-state index in [2.05, 4.69) is 33.2 Å². The van der Waals surface area contributed by atoms with E-state index in [0.717, 1.165) is 9.13 Å². The highest BCUT2D eigenvalue weighted by Crippen LogP contribution is 2.16. The van der Waals surface area contributed by atoms with E-state index in [1.807, 2.05) is 42.5 Å². The molecule has 0 aliphatic carbocycles. The number of ether oxygens (including phenoxy) is 1. The number of rotatable bonds is 7. The molecule has 2 N–H and O–H groups in total. The molecule has 0 aromatic heterocycles. The summed E-state index contributed by atoms with van der Waals surface area (Å²) in [4.78, 5) is 35.1. The Labute approximate surface area is 159 Å². The topological polar surface area (TPSA) is 84.5 Å². The van der Waals surface area contributed by atoms with Gasteiger partial charge in [-0.05, 0) is 40.3 Å². The Balaban J connectivity index is 1.67. The lowest BCUT2D eigenvalue weighted by molar-refractivity contribution is -0.147. The van der Waals surface area contributed by atoms with Gasteiger partial charge < -0.3 is 15.4 Å². The minimum Gasteiger partial charge on any atom is -0.454 e. The third kappa shape index (κ3) is 6.92. The van der Waals surface area contributed by atoms with Gasteiger partial charge in [0, 0.05) is 3.57 Å². The number of esters is 1. The second kappa shape index (κ2) is 9.77. The van der Waals surface area contributed by atoms with Crippen molar-refractivity contribution < 1.29 is 19.1 Å². The Hall–Kier alpha value is -2.42. The molecule has 0 fully saturated rings. The molecule has 2 aromatic rings. The predicted octanol–water partition coefficient (Wildman–Crippen LogP) is 2.13. The van der Waals surface area contributed by atoms with Crippen molar-refractivity contribution in [3.63, 3.8) is 0 Å². The third-order valence-electron chi connectivity index (χ3n) is 3.15. The number of anilines is 1. The molecule has 7 heteroatoms. The van der Waals surface area contributed by atoms with Crippen molar-refractivity contribution in [1.82, 2.24) is 5.32 Å². The van der Waals surface area contributed by atoms with E-state index >= 15 is 0 Å². The SMILES string of the molecule is O=C(Cc1ccccc1)NCC(=O)OCC(=O)Nc1ccccc1I. The molecule has 0 aliphatic rings. The monoisotopic (exact) mass is 452 g/mol. The highest BCUT2D eigenvalue weighted by atomic mass is 127. The Morgan fingerprint density at radius 3 is 2.32 bits per heavy atom. The van der Waals surface area contributed by atoms with Gasteiger partial charge in [-0.25, -0.2) is 0 Å². The molecule has 0 spiro atoms.